The van der Waals surface area contributed by atoms with Gasteiger partial charge >= 0.3 is 0 Å². The third-order valence-corrected chi connectivity index (χ3v) is 2.95. The SMILES string of the molecule is Nc1nc(N)c2c(n1)CCc1ccccc1-2. The summed E-state index contributed by atoms with van der Waals surface area (Å²) in [6.07, 6.45) is 1.86. The van der Waals surface area contributed by atoms with Crippen LogP contribution in [0.4, 0.5) is 11.8 Å². The van der Waals surface area contributed by atoms with E-state index >= 15 is 0 Å². The summed E-state index contributed by atoms with van der Waals surface area (Å²) in [4.78, 5) is 8.29. The summed E-state index contributed by atoms with van der Waals surface area (Å²) in [6.45, 7) is 0. The first-order valence-corrected chi connectivity index (χ1v) is 5.26. The predicted octanol–water partition coefficient (Wildman–Crippen LogP) is 1.41. The molecule has 0 saturated heterocycles. The lowest BCUT2D eigenvalue weighted by Crippen LogP contribution is -2.12. The minimum Gasteiger partial charge on any atom is -0.383 e. The maximum atomic E-state index is 5.93. The fourth-order valence-electron chi connectivity index (χ4n) is 2.26. The van der Waals surface area contributed by atoms with Crippen molar-refractivity contribution >= 4 is 11.8 Å². The van der Waals surface area contributed by atoms with E-state index in [4.69, 9.17) is 11.5 Å². The Morgan fingerprint density at radius 1 is 1.00 bits per heavy atom. The van der Waals surface area contributed by atoms with E-state index in [1.807, 2.05) is 12.1 Å². The number of benzene rings is 1. The molecule has 1 aromatic heterocycles. The standard InChI is InChI=1S/C12H12N4/c13-11-10-8-4-2-1-3-7(8)5-6-9(10)15-12(14)16-11/h1-4H,5-6H2,(H4,13,14,15,16). The molecule has 4 nitrogen and oxygen atoms in total. The van der Waals surface area contributed by atoms with E-state index < -0.39 is 0 Å². The number of fused-ring (bicyclic) bond motifs is 3. The van der Waals surface area contributed by atoms with Gasteiger partial charge in [0, 0.05) is 5.56 Å². The Labute approximate surface area is 93.3 Å². The van der Waals surface area contributed by atoms with Crippen molar-refractivity contribution in [3.8, 4) is 11.1 Å². The van der Waals surface area contributed by atoms with Crippen molar-refractivity contribution in [3.05, 3.63) is 35.5 Å². The summed E-state index contributed by atoms with van der Waals surface area (Å²) in [5.74, 6) is 0.741. The summed E-state index contributed by atoms with van der Waals surface area (Å²) < 4.78 is 0. The van der Waals surface area contributed by atoms with Crippen molar-refractivity contribution in [1.82, 2.24) is 9.97 Å². The fraction of sp³-hybridized carbons (Fsp3) is 0.167. The molecule has 0 radical (unpaired) electrons. The fourth-order valence-corrected chi connectivity index (χ4v) is 2.26. The van der Waals surface area contributed by atoms with Crippen LogP contribution < -0.4 is 11.5 Å². The predicted molar refractivity (Wildman–Crippen MR) is 63.7 cm³/mol. The highest BCUT2D eigenvalue weighted by Crippen LogP contribution is 2.35. The number of aryl methyl sites for hydroxylation is 2. The first-order valence-electron chi connectivity index (χ1n) is 5.26. The molecular weight excluding hydrogens is 200 g/mol. The average Bonchev–Trinajstić information content (AvgIpc) is 2.28. The Kier molecular flexibility index (Phi) is 1.83. The molecule has 1 heterocycles. The minimum atomic E-state index is 0.260. The van der Waals surface area contributed by atoms with Gasteiger partial charge in [0.1, 0.15) is 5.82 Å². The number of anilines is 2. The van der Waals surface area contributed by atoms with Gasteiger partial charge in [0.2, 0.25) is 5.95 Å². The molecule has 0 aliphatic heterocycles. The molecule has 0 unspecified atom stereocenters. The zero-order valence-corrected chi connectivity index (χ0v) is 8.77. The highest BCUT2D eigenvalue weighted by molar-refractivity contribution is 5.80. The summed E-state index contributed by atoms with van der Waals surface area (Å²) >= 11 is 0. The second-order valence-electron chi connectivity index (χ2n) is 3.95. The number of nitrogens with zero attached hydrogens (tertiary/aromatic N) is 2. The van der Waals surface area contributed by atoms with E-state index in [1.165, 1.54) is 5.56 Å². The minimum absolute atomic E-state index is 0.260. The van der Waals surface area contributed by atoms with E-state index in [2.05, 4.69) is 22.1 Å². The van der Waals surface area contributed by atoms with Crippen molar-refractivity contribution in [1.29, 1.82) is 0 Å². The molecule has 16 heavy (non-hydrogen) atoms. The van der Waals surface area contributed by atoms with Crippen molar-refractivity contribution in [2.75, 3.05) is 11.5 Å². The number of nitrogen functional groups attached to an aromatic ring is 2. The Balaban J connectivity index is 2.32. The first-order chi connectivity index (χ1) is 7.75. The largest absolute Gasteiger partial charge is 0.383 e. The second-order valence-corrected chi connectivity index (χ2v) is 3.95. The highest BCUT2D eigenvalue weighted by Gasteiger charge is 2.20. The first kappa shape index (κ1) is 9.15. The molecule has 0 saturated carbocycles. The van der Waals surface area contributed by atoms with Gasteiger partial charge in [-0.1, -0.05) is 24.3 Å². The van der Waals surface area contributed by atoms with Crippen molar-refractivity contribution in [3.63, 3.8) is 0 Å². The molecule has 2 aromatic rings. The number of hydrogen-bond donors (Lipinski definition) is 2. The second kappa shape index (κ2) is 3.20. The maximum Gasteiger partial charge on any atom is 0.222 e. The molecule has 0 spiro atoms. The van der Waals surface area contributed by atoms with Gasteiger partial charge in [-0.3, -0.25) is 0 Å². The molecule has 0 bridgehead atoms. The maximum absolute atomic E-state index is 5.93. The van der Waals surface area contributed by atoms with Crippen LogP contribution in [0.25, 0.3) is 11.1 Å². The van der Waals surface area contributed by atoms with Gasteiger partial charge in [-0.2, -0.15) is 4.98 Å². The number of rotatable bonds is 0. The molecule has 0 amide bonds. The molecule has 1 aromatic carbocycles. The van der Waals surface area contributed by atoms with Crippen LogP contribution in [0, 0.1) is 0 Å². The summed E-state index contributed by atoms with van der Waals surface area (Å²) in [5.41, 5.74) is 15.9. The van der Waals surface area contributed by atoms with Crippen LogP contribution in [-0.2, 0) is 12.8 Å². The Morgan fingerprint density at radius 3 is 2.69 bits per heavy atom. The Morgan fingerprint density at radius 2 is 1.81 bits per heavy atom. The van der Waals surface area contributed by atoms with E-state index in [0.717, 1.165) is 29.7 Å². The van der Waals surface area contributed by atoms with Gasteiger partial charge in [-0.05, 0) is 24.0 Å². The van der Waals surface area contributed by atoms with Gasteiger partial charge in [0.05, 0.1) is 5.69 Å². The number of hydrogen-bond acceptors (Lipinski definition) is 4. The van der Waals surface area contributed by atoms with Gasteiger partial charge in [-0.15, -0.1) is 0 Å². The smallest absolute Gasteiger partial charge is 0.222 e. The van der Waals surface area contributed by atoms with E-state index in [0.29, 0.717) is 5.82 Å². The van der Waals surface area contributed by atoms with Crippen LogP contribution in [0.2, 0.25) is 0 Å². The van der Waals surface area contributed by atoms with Crippen LogP contribution in [0.15, 0.2) is 24.3 Å². The Bertz CT molecular complexity index is 563. The van der Waals surface area contributed by atoms with Crippen molar-refractivity contribution in [2.45, 2.75) is 12.8 Å². The quantitative estimate of drug-likeness (QED) is 0.692. The summed E-state index contributed by atoms with van der Waals surface area (Å²) in [5, 5.41) is 0. The van der Waals surface area contributed by atoms with Crippen molar-refractivity contribution < 1.29 is 0 Å². The molecule has 0 atom stereocenters. The molecule has 3 rings (SSSR count). The van der Waals surface area contributed by atoms with Gasteiger partial charge in [-0.25, -0.2) is 4.98 Å². The monoisotopic (exact) mass is 212 g/mol. The van der Waals surface area contributed by atoms with Crippen LogP contribution in [0.3, 0.4) is 0 Å². The zero-order valence-electron chi connectivity index (χ0n) is 8.77. The van der Waals surface area contributed by atoms with E-state index in [9.17, 15) is 0 Å². The van der Waals surface area contributed by atoms with Crippen molar-refractivity contribution in [2.24, 2.45) is 0 Å². The van der Waals surface area contributed by atoms with E-state index in [1.54, 1.807) is 0 Å². The highest BCUT2D eigenvalue weighted by atomic mass is 15.0. The average molecular weight is 212 g/mol. The molecule has 4 heteroatoms. The zero-order chi connectivity index (χ0) is 11.1. The lowest BCUT2D eigenvalue weighted by Gasteiger charge is -2.19. The molecule has 1 aliphatic rings. The normalized spacial score (nSPS) is 13.0. The summed E-state index contributed by atoms with van der Waals surface area (Å²) in [6, 6.07) is 8.22. The lowest BCUT2D eigenvalue weighted by atomic mass is 9.89. The Hall–Kier alpha value is -2.10. The van der Waals surface area contributed by atoms with Crippen LogP contribution in [0.1, 0.15) is 11.3 Å². The molecule has 4 N–H and O–H groups in total. The van der Waals surface area contributed by atoms with Crippen LogP contribution in [0.5, 0.6) is 0 Å². The molecule has 1 aliphatic carbocycles. The van der Waals surface area contributed by atoms with Gasteiger partial charge in [0.15, 0.2) is 0 Å². The topological polar surface area (TPSA) is 77.8 Å². The van der Waals surface area contributed by atoms with Crippen LogP contribution in [-0.4, -0.2) is 9.97 Å². The third-order valence-electron chi connectivity index (χ3n) is 2.95. The van der Waals surface area contributed by atoms with Crippen LogP contribution >= 0.6 is 0 Å². The number of nitrogens with two attached hydrogens (primary N) is 2. The lowest BCUT2D eigenvalue weighted by molar-refractivity contribution is 0.890. The molecular formula is C12H12N4. The molecule has 0 fully saturated rings. The van der Waals surface area contributed by atoms with Gasteiger partial charge < -0.3 is 11.5 Å². The molecule has 80 valence electrons. The summed E-state index contributed by atoms with van der Waals surface area (Å²) in [7, 11) is 0. The van der Waals surface area contributed by atoms with E-state index in [-0.39, 0.29) is 5.95 Å². The number of aromatic nitrogens is 2. The van der Waals surface area contributed by atoms with Gasteiger partial charge in [0.25, 0.3) is 0 Å². The third kappa shape index (κ3) is 1.23.